The van der Waals surface area contributed by atoms with Crippen molar-refractivity contribution in [2.45, 2.75) is 39.5 Å². The zero-order valence-electron chi connectivity index (χ0n) is 16.3. The Labute approximate surface area is 165 Å². The predicted molar refractivity (Wildman–Crippen MR) is 107 cm³/mol. The minimum Gasteiger partial charge on any atom is -0.484 e. The molecular formula is C22H26N2O4. The summed E-state index contributed by atoms with van der Waals surface area (Å²) < 4.78 is 5.36. The molecule has 0 fully saturated rings. The molecule has 0 bridgehead atoms. The Morgan fingerprint density at radius 1 is 0.750 bits per heavy atom. The highest BCUT2D eigenvalue weighted by Gasteiger charge is 2.10. The third-order valence-corrected chi connectivity index (χ3v) is 4.31. The van der Waals surface area contributed by atoms with Crippen LogP contribution in [0.1, 0.15) is 48.2 Å². The van der Waals surface area contributed by atoms with Crippen LogP contribution in [0, 0.1) is 0 Å². The van der Waals surface area contributed by atoms with Gasteiger partial charge in [-0.3, -0.25) is 25.2 Å². The Morgan fingerprint density at radius 2 is 1.29 bits per heavy atom. The fourth-order valence-electron chi connectivity index (χ4n) is 2.51. The first-order valence-corrected chi connectivity index (χ1v) is 9.43. The van der Waals surface area contributed by atoms with Crippen molar-refractivity contribution in [3.05, 3.63) is 65.2 Å². The molecule has 0 heterocycles. The van der Waals surface area contributed by atoms with Crippen molar-refractivity contribution in [3.63, 3.8) is 0 Å². The van der Waals surface area contributed by atoms with Crippen LogP contribution in [-0.4, -0.2) is 24.2 Å². The normalized spacial score (nSPS) is 10.2. The Kier molecular flexibility index (Phi) is 8.21. The average Bonchev–Trinajstić information content (AvgIpc) is 2.74. The largest absolute Gasteiger partial charge is 0.484 e. The SMILES string of the molecule is CCc1ccc(OCC(=O)NNC(=O)CCC(=O)c2ccc(CC)cc2)cc1. The van der Waals surface area contributed by atoms with Gasteiger partial charge in [-0.25, -0.2) is 0 Å². The van der Waals surface area contributed by atoms with Crippen molar-refractivity contribution >= 4 is 17.6 Å². The summed E-state index contributed by atoms with van der Waals surface area (Å²) in [5.41, 5.74) is 7.48. The topological polar surface area (TPSA) is 84.5 Å². The first-order valence-electron chi connectivity index (χ1n) is 9.43. The van der Waals surface area contributed by atoms with Gasteiger partial charge in [0.25, 0.3) is 5.91 Å². The van der Waals surface area contributed by atoms with Gasteiger partial charge in [0.1, 0.15) is 5.75 Å². The van der Waals surface area contributed by atoms with Gasteiger partial charge in [0.15, 0.2) is 12.4 Å². The first-order chi connectivity index (χ1) is 13.5. The van der Waals surface area contributed by atoms with Gasteiger partial charge in [0, 0.05) is 18.4 Å². The fraction of sp³-hybridized carbons (Fsp3) is 0.318. The number of hydrogen-bond donors (Lipinski definition) is 2. The van der Waals surface area contributed by atoms with E-state index in [1.165, 1.54) is 5.56 Å². The van der Waals surface area contributed by atoms with E-state index in [1.807, 2.05) is 31.2 Å². The Bertz CT molecular complexity index is 798. The number of aryl methyl sites for hydroxylation is 2. The van der Waals surface area contributed by atoms with Crippen LogP contribution in [-0.2, 0) is 22.4 Å². The molecule has 2 N–H and O–H groups in total. The van der Waals surface area contributed by atoms with Crippen LogP contribution in [0.2, 0.25) is 0 Å². The molecule has 0 radical (unpaired) electrons. The lowest BCUT2D eigenvalue weighted by atomic mass is 10.0. The highest BCUT2D eigenvalue weighted by molar-refractivity contribution is 5.98. The van der Waals surface area contributed by atoms with Crippen molar-refractivity contribution in [1.29, 1.82) is 0 Å². The Hall–Kier alpha value is -3.15. The molecule has 0 saturated heterocycles. The van der Waals surface area contributed by atoms with Crippen LogP contribution < -0.4 is 15.6 Å². The van der Waals surface area contributed by atoms with Gasteiger partial charge in [-0.2, -0.15) is 0 Å². The van der Waals surface area contributed by atoms with Gasteiger partial charge >= 0.3 is 0 Å². The van der Waals surface area contributed by atoms with Crippen molar-refractivity contribution in [3.8, 4) is 5.75 Å². The van der Waals surface area contributed by atoms with Crippen LogP contribution in [0.3, 0.4) is 0 Å². The summed E-state index contributed by atoms with van der Waals surface area (Å²) in [6.07, 6.45) is 1.91. The van der Waals surface area contributed by atoms with Crippen LogP contribution >= 0.6 is 0 Å². The van der Waals surface area contributed by atoms with Crippen LogP contribution in [0.15, 0.2) is 48.5 Å². The number of amides is 2. The molecule has 28 heavy (non-hydrogen) atoms. The molecule has 2 amide bonds. The van der Waals surface area contributed by atoms with Crippen molar-refractivity contribution in [1.82, 2.24) is 10.9 Å². The van der Waals surface area contributed by atoms with Crippen LogP contribution in [0.4, 0.5) is 0 Å². The number of ketones is 1. The van der Waals surface area contributed by atoms with E-state index in [4.69, 9.17) is 4.74 Å². The molecule has 0 aliphatic heterocycles. The molecule has 0 aromatic heterocycles. The van der Waals surface area contributed by atoms with Gasteiger partial charge in [-0.05, 0) is 36.1 Å². The highest BCUT2D eigenvalue weighted by Crippen LogP contribution is 2.12. The second kappa shape index (κ2) is 10.9. The maximum Gasteiger partial charge on any atom is 0.276 e. The van der Waals surface area contributed by atoms with E-state index >= 15 is 0 Å². The third kappa shape index (κ3) is 6.87. The van der Waals surface area contributed by atoms with E-state index in [0.29, 0.717) is 11.3 Å². The molecule has 2 rings (SSSR count). The molecule has 0 aliphatic carbocycles. The fourth-order valence-corrected chi connectivity index (χ4v) is 2.51. The summed E-state index contributed by atoms with van der Waals surface area (Å²) >= 11 is 0. The van der Waals surface area contributed by atoms with E-state index in [2.05, 4.69) is 17.8 Å². The second-order valence-corrected chi connectivity index (χ2v) is 6.36. The van der Waals surface area contributed by atoms with E-state index < -0.39 is 11.8 Å². The molecule has 2 aromatic carbocycles. The number of ether oxygens (including phenoxy) is 1. The molecule has 0 unspecified atom stereocenters. The minimum atomic E-state index is -0.477. The van der Waals surface area contributed by atoms with Gasteiger partial charge in [0.2, 0.25) is 5.91 Å². The quantitative estimate of drug-likeness (QED) is 0.516. The summed E-state index contributed by atoms with van der Waals surface area (Å²) in [4.78, 5) is 35.7. The number of carbonyl (C=O) groups excluding carboxylic acids is 3. The second-order valence-electron chi connectivity index (χ2n) is 6.36. The van der Waals surface area contributed by atoms with Gasteiger partial charge in [0.05, 0.1) is 0 Å². The van der Waals surface area contributed by atoms with E-state index in [1.54, 1.807) is 24.3 Å². The molecule has 6 heteroatoms. The Balaban J connectivity index is 1.66. The maximum atomic E-state index is 12.1. The monoisotopic (exact) mass is 382 g/mol. The number of carbonyl (C=O) groups is 3. The van der Waals surface area contributed by atoms with Gasteiger partial charge in [-0.15, -0.1) is 0 Å². The molecule has 0 atom stereocenters. The predicted octanol–water partition coefficient (Wildman–Crippen LogP) is 3.00. The number of hydrogen-bond acceptors (Lipinski definition) is 4. The molecule has 0 spiro atoms. The summed E-state index contributed by atoms with van der Waals surface area (Å²) in [7, 11) is 0. The number of rotatable bonds is 9. The molecule has 0 saturated carbocycles. The summed E-state index contributed by atoms with van der Waals surface area (Å²) in [5, 5.41) is 0. The molecular weight excluding hydrogens is 356 g/mol. The number of benzene rings is 2. The zero-order valence-corrected chi connectivity index (χ0v) is 16.3. The van der Waals surface area contributed by atoms with E-state index in [9.17, 15) is 14.4 Å². The lowest BCUT2D eigenvalue weighted by Crippen LogP contribution is -2.43. The lowest BCUT2D eigenvalue weighted by Gasteiger charge is -2.09. The Morgan fingerprint density at radius 3 is 1.86 bits per heavy atom. The molecule has 2 aromatic rings. The number of Topliss-reactive ketones (excluding diaryl/α,β-unsaturated/α-hetero) is 1. The third-order valence-electron chi connectivity index (χ3n) is 4.31. The van der Waals surface area contributed by atoms with Gasteiger partial charge < -0.3 is 4.74 Å². The summed E-state index contributed by atoms with van der Waals surface area (Å²) in [6.45, 7) is 3.89. The van der Waals surface area contributed by atoms with Crippen molar-refractivity contribution < 1.29 is 19.1 Å². The average molecular weight is 382 g/mol. The standard InChI is InChI=1S/C22H26N2O4/c1-3-16-5-9-18(10-6-16)20(25)13-14-21(26)23-24-22(27)15-28-19-11-7-17(4-2)8-12-19/h5-12H,3-4,13-15H2,1-2H3,(H,23,26)(H,24,27). The highest BCUT2D eigenvalue weighted by atomic mass is 16.5. The number of nitrogens with one attached hydrogen (secondary N) is 2. The van der Waals surface area contributed by atoms with Gasteiger partial charge in [-0.1, -0.05) is 50.2 Å². The van der Waals surface area contributed by atoms with Crippen molar-refractivity contribution in [2.75, 3.05) is 6.61 Å². The molecule has 0 aliphatic rings. The molecule has 6 nitrogen and oxygen atoms in total. The first kappa shape index (κ1) is 21.2. The minimum absolute atomic E-state index is 0.00597. The zero-order chi connectivity index (χ0) is 20.4. The van der Waals surface area contributed by atoms with E-state index in [-0.39, 0.29) is 25.2 Å². The smallest absolute Gasteiger partial charge is 0.276 e. The van der Waals surface area contributed by atoms with Crippen LogP contribution in [0.25, 0.3) is 0 Å². The molecule has 148 valence electrons. The summed E-state index contributed by atoms with van der Waals surface area (Å²) in [5.74, 6) is -0.435. The van der Waals surface area contributed by atoms with Crippen LogP contribution in [0.5, 0.6) is 5.75 Å². The summed E-state index contributed by atoms with van der Waals surface area (Å²) in [6, 6.07) is 14.8. The number of hydrazine groups is 1. The van der Waals surface area contributed by atoms with E-state index in [0.717, 1.165) is 18.4 Å². The maximum absolute atomic E-state index is 12.1. The lowest BCUT2D eigenvalue weighted by molar-refractivity contribution is -0.130. The van der Waals surface area contributed by atoms with Crippen molar-refractivity contribution in [2.24, 2.45) is 0 Å².